The maximum Gasteiger partial charge on any atom is 0.178 e. The molecule has 0 aromatic carbocycles. The van der Waals surface area contributed by atoms with Crippen LogP contribution in [0, 0.1) is 0 Å². The van der Waals surface area contributed by atoms with Crippen molar-refractivity contribution in [1.82, 2.24) is 10.9 Å². The molecule has 8 nitrogen and oxygen atoms in total. The van der Waals surface area contributed by atoms with E-state index in [0.29, 0.717) is 0 Å². The summed E-state index contributed by atoms with van der Waals surface area (Å²) in [6, 6.07) is 0. The molecular weight excluding hydrogens is 238 g/mol. The predicted molar refractivity (Wildman–Crippen MR) is 56.8 cm³/mol. The zero-order valence-electron chi connectivity index (χ0n) is 8.28. The predicted octanol–water partition coefficient (Wildman–Crippen LogP) is -3.88. The van der Waals surface area contributed by atoms with Crippen molar-refractivity contribution in [2.75, 3.05) is 6.61 Å². The average Bonchev–Trinajstić information content (AvgIpc) is 2.25. The van der Waals surface area contributed by atoms with Crippen LogP contribution in [-0.4, -0.2) is 62.8 Å². The Labute approximate surface area is 97.0 Å². The summed E-state index contributed by atoms with van der Waals surface area (Å²) in [7, 11) is 0. The Balaban J connectivity index is 2.60. The molecule has 16 heavy (non-hydrogen) atoms. The van der Waals surface area contributed by atoms with E-state index in [2.05, 4.69) is 23.1 Å². The van der Waals surface area contributed by atoms with Gasteiger partial charge in [0, 0.05) is 0 Å². The maximum absolute atomic E-state index is 9.53. The standard InChI is InChI=1S/C7H15N3O5S/c8-7(16)10-9-6-5(14)4(13)3(12)2(1-11)15-6/h2-6,9,11-14H,1H2,(H3,8,10,16)/t2-,3-,4-,5-,6+/m1/s1. The highest BCUT2D eigenvalue weighted by molar-refractivity contribution is 7.80. The Morgan fingerprint density at radius 1 is 1.25 bits per heavy atom. The van der Waals surface area contributed by atoms with Gasteiger partial charge in [0.1, 0.15) is 24.4 Å². The molecule has 0 aromatic rings. The van der Waals surface area contributed by atoms with E-state index in [9.17, 15) is 15.3 Å². The van der Waals surface area contributed by atoms with Crippen molar-refractivity contribution in [1.29, 1.82) is 0 Å². The lowest BCUT2D eigenvalue weighted by Crippen LogP contribution is -2.65. The van der Waals surface area contributed by atoms with E-state index < -0.39 is 37.3 Å². The Morgan fingerprint density at radius 3 is 2.38 bits per heavy atom. The van der Waals surface area contributed by atoms with Gasteiger partial charge in [-0.15, -0.1) is 0 Å². The van der Waals surface area contributed by atoms with Gasteiger partial charge in [-0.05, 0) is 12.2 Å². The van der Waals surface area contributed by atoms with Gasteiger partial charge in [0.25, 0.3) is 0 Å². The highest BCUT2D eigenvalue weighted by Crippen LogP contribution is 2.19. The largest absolute Gasteiger partial charge is 0.394 e. The minimum atomic E-state index is -1.43. The van der Waals surface area contributed by atoms with Gasteiger partial charge in [-0.1, -0.05) is 0 Å². The second-order valence-corrected chi connectivity index (χ2v) is 3.82. The Morgan fingerprint density at radius 2 is 1.88 bits per heavy atom. The van der Waals surface area contributed by atoms with Crippen LogP contribution in [0.2, 0.25) is 0 Å². The quantitative estimate of drug-likeness (QED) is 0.199. The molecule has 1 aliphatic rings. The summed E-state index contributed by atoms with van der Waals surface area (Å²) in [5, 5.41) is 37.2. The van der Waals surface area contributed by atoms with Crippen LogP contribution in [0.1, 0.15) is 0 Å². The number of nitrogens with two attached hydrogens (primary N) is 1. The second kappa shape index (κ2) is 5.68. The molecule has 9 heteroatoms. The highest BCUT2D eigenvalue weighted by atomic mass is 32.1. The number of hydrogen-bond acceptors (Lipinski definition) is 7. The van der Waals surface area contributed by atoms with Gasteiger partial charge in [-0.25, -0.2) is 5.43 Å². The molecule has 1 rings (SSSR count). The lowest BCUT2D eigenvalue weighted by atomic mass is 9.99. The third-order valence-electron chi connectivity index (χ3n) is 2.23. The number of nitrogens with one attached hydrogen (secondary N) is 2. The van der Waals surface area contributed by atoms with Crippen LogP contribution in [0.4, 0.5) is 0 Å². The first-order chi connectivity index (χ1) is 7.47. The van der Waals surface area contributed by atoms with E-state index in [1.54, 1.807) is 0 Å². The summed E-state index contributed by atoms with van der Waals surface area (Å²) < 4.78 is 5.08. The topological polar surface area (TPSA) is 140 Å². The molecule has 0 spiro atoms. The first kappa shape index (κ1) is 13.5. The van der Waals surface area contributed by atoms with Crippen molar-refractivity contribution in [3.8, 4) is 0 Å². The number of hydrogen-bond donors (Lipinski definition) is 7. The van der Waals surface area contributed by atoms with E-state index in [1.807, 2.05) is 0 Å². The molecule has 0 aliphatic carbocycles. The fraction of sp³-hybridized carbons (Fsp3) is 0.857. The fourth-order valence-electron chi connectivity index (χ4n) is 1.36. The van der Waals surface area contributed by atoms with E-state index in [4.69, 9.17) is 15.6 Å². The minimum absolute atomic E-state index is 0.0723. The van der Waals surface area contributed by atoms with Crippen LogP contribution < -0.4 is 16.6 Å². The third-order valence-corrected chi connectivity index (χ3v) is 2.33. The van der Waals surface area contributed by atoms with Gasteiger partial charge in [0.2, 0.25) is 0 Å². The van der Waals surface area contributed by atoms with Gasteiger partial charge < -0.3 is 30.9 Å². The minimum Gasteiger partial charge on any atom is -0.394 e. The molecule has 0 saturated carbocycles. The molecule has 8 N–H and O–H groups in total. The molecule has 1 heterocycles. The number of aliphatic hydroxyl groups is 4. The molecule has 1 aliphatic heterocycles. The second-order valence-electron chi connectivity index (χ2n) is 3.38. The molecule has 0 amide bonds. The zero-order valence-corrected chi connectivity index (χ0v) is 9.09. The Hall–Kier alpha value is -0.550. The zero-order chi connectivity index (χ0) is 12.3. The summed E-state index contributed by atoms with van der Waals surface area (Å²) in [6.45, 7) is -0.490. The molecule has 0 bridgehead atoms. The number of rotatable bonds is 3. The molecule has 0 unspecified atom stereocenters. The van der Waals surface area contributed by atoms with Crippen molar-refractivity contribution >= 4 is 17.3 Å². The summed E-state index contributed by atoms with van der Waals surface area (Å²) in [5.41, 5.74) is 9.88. The number of thiocarbonyl (C=S) groups is 1. The molecule has 0 aromatic heterocycles. The van der Waals surface area contributed by atoms with Crippen molar-refractivity contribution < 1.29 is 25.2 Å². The SMILES string of the molecule is NC(=S)NN[C@H]1O[C@H](CO)[C@@H](O)[C@@H](O)[C@H]1O. The summed E-state index contributed by atoms with van der Waals surface area (Å²) >= 11 is 4.52. The number of aliphatic hydroxyl groups excluding tert-OH is 4. The van der Waals surface area contributed by atoms with Crippen molar-refractivity contribution in [3.63, 3.8) is 0 Å². The van der Waals surface area contributed by atoms with Crippen molar-refractivity contribution in [2.45, 2.75) is 30.6 Å². The van der Waals surface area contributed by atoms with Gasteiger partial charge in [-0.2, -0.15) is 0 Å². The van der Waals surface area contributed by atoms with Gasteiger partial charge in [0.05, 0.1) is 6.61 Å². The Kier molecular flexibility index (Phi) is 4.80. The van der Waals surface area contributed by atoms with Gasteiger partial charge >= 0.3 is 0 Å². The van der Waals surface area contributed by atoms with Gasteiger partial charge in [0.15, 0.2) is 11.3 Å². The molecule has 94 valence electrons. The van der Waals surface area contributed by atoms with Crippen LogP contribution in [-0.2, 0) is 4.74 Å². The first-order valence-electron chi connectivity index (χ1n) is 4.59. The average molecular weight is 253 g/mol. The van der Waals surface area contributed by atoms with E-state index in [0.717, 1.165) is 0 Å². The van der Waals surface area contributed by atoms with Crippen LogP contribution in [0.3, 0.4) is 0 Å². The van der Waals surface area contributed by atoms with Crippen LogP contribution in [0.25, 0.3) is 0 Å². The normalized spacial score (nSPS) is 39.4. The third kappa shape index (κ3) is 2.98. The van der Waals surface area contributed by atoms with E-state index in [1.165, 1.54) is 0 Å². The van der Waals surface area contributed by atoms with Crippen molar-refractivity contribution in [2.24, 2.45) is 5.73 Å². The molecule has 5 atom stereocenters. The molecule has 1 fully saturated rings. The fourth-order valence-corrected chi connectivity index (χ4v) is 1.42. The monoisotopic (exact) mass is 253 g/mol. The summed E-state index contributed by atoms with van der Waals surface area (Å²) in [5.74, 6) is 0. The molecule has 1 saturated heterocycles. The lowest BCUT2D eigenvalue weighted by Gasteiger charge is -2.40. The van der Waals surface area contributed by atoms with Crippen LogP contribution >= 0.6 is 12.2 Å². The number of hydrazine groups is 1. The van der Waals surface area contributed by atoms with E-state index in [-0.39, 0.29) is 5.11 Å². The highest BCUT2D eigenvalue weighted by Gasteiger charge is 2.43. The first-order valence-corrected chi connectivity index (χ1v) is 4.99. The lowest BCUT2D eigenvalue weighted by molar-refractivity contribution is -0.238. The smallest absolute Gasteiger partial charge is 0.178 e. The summed E-state index contributed by atoms with van der Waals surface area (Å²) in [4.78, 5) is 0. The molecule has 0 radical (unpaired) electrons. The maximum atomic E-state index is 9.53. The van der Waals surface area contributed by atoms with Crippen LogP contribution in [0.15, 0.2) is 0 Å². The van der Waals surface area contributed by atoms with Gasteiger partial charge in [-0.3, -0.25) is 5.43 Å². The van der Waals surface area contributed by atoms with Crippen LogP contribution in [0.5, 0.6) is 0 Å². The van der Waals surface area contributed by atoms with Crippen molar-refractivity contribution in [3.05, 3.63) is 0 Å². The Bertz CT molecular complexity index is 254. The summed E-state index contributed by atoms with van der Waals surface area (Å²) in [6.07, 6.45) is -6.21. The van der Waals surface area contributed by atoms with E-state index >= 15 is 0 Å². The molecular formula is C7H15N3O5S. The number of ether oxygens (including phenoxy) is 1.